The standard InChI is InChI=1S/C17H23NO/c19-17(13-6-3-1-2-4-7-13)16-9-5-8-14-12-18-11-10-15(14)16/h5,8-9,13,18H,1-4,6-7,10-12H2. The third kappa shape index (κ3) is 2.74. The number of benzene rings is 1. The van der Waals surface area contributed by atoms with Crippen molar-refractivity contribution in [2.24, 2.45) is 5.92 Å². The van der Waals surface area contributed by atoms with Crippen molar-refractivity contribution in [2.75, 3.05) is 6.54 Å². The van der Waals surface area contributed by atoms with Gasteiger partial charge in [-0.1, -0.05) is 43.9 Å². The SMILES string of the molecule is O=C(c1cccc2c1CCNC2)C1CCCCCC1. The van der Waals surface area contributed by atoms with Gasteiger partial charge in [0.15, 0.2) is 5.78 Å². The van der Waals surface area contributed by atoms with Gasteiger partial charge in [-0.05, 0) is 36.9 Å². The van der Waals surface area contributed by atoms with Crippen molar-refractivity contribution in [1.29, 1.82) is 0 Å². The van der Waals surface area contributed by atoms with Gasteiger partial charge in [0.05, 0.1) is 0 Å². The minimum absolute atomic E-state index is 0.281. The van der Waals surface area contributed by atoms with E-state index in [0.29, 0.717) is 5.78 Å². The van der Waals surface area contributed by atoms with Crippen LogP contribution in [0.2, 0.25) is 0 Å². The molecule has 1 N–H and O–H groups in total. The van der Waals surface area contributed by atoms with Crippen LogP contribution in [0.3, 0.4) is 0 Å². The molecule has 0 unspecified atom stereocenters. The van der Waals surface area contributed by atoms with Crippen molar-refractivity contribution >= 4 is 5.78 Å². The van der Waals surface area contributed by atoms with Gasteiger partial charge in [-0.25, -0.2) is 0 Å². The Morgan fingerprint density at radius 1 is 1.11 bits per heavy atom. The predicted molar refractivity (Wildman–Crippen MR) is 77.4 cm³/mol. The molecule has 0 bridgehead atoms. The van der Waals surface area contributed by atoms with E-state index in [9.17, 15) is 4.79 Å². The monoisotopic (exact) mass is 257 g/mol. The maximum absolute atomic E-state index is 12.8. The van der Waals surface area contributed by atoms with E-state index in [1.165, 1.54) is 36.8 Å². The lowest BCUT2D eigenvalue weighted by Crippen LogP contribution is -2.26. The summed E-state index contributed by atoms with van der Waals surface area (Å²) in [6.45, 7) is 1.92. The Morgan fingerprint density at radius 2 is 1.89 bits per heavy atom. The highest BCUT2D eigenvalue weighted by Crippen LogP contribution is 2.28. The first-order valence-electron chi connectivity index (χ1n) is 7.72. The molecule has 1 fully saturated rings. The first-order valence-corrected chi connectivity index (χ1v) is 7.72. The highest BCUT2D eigenvalue weighted by Gasteiger charge is 2.24. The van der Waals surface area contributed by atoms with Gasteiger partial charge in [0.2, 0.25) is 0 Å². The minimum Gasteiger partial charge on any atom is -0.312 e. The number of Topliss-reactive ketones (excluding diaryl/α,β-unsaturated/α-hetero) is 1. The van der Waals surface area contributed by atoms with Crippen LogP contribution in [-0.2, 0) is 13.0 Å². The van der Waals surface area contributed by atoms with Gasteiger partial charge in [-0.15, -0.1) is 0 Å². The van der Waals surface area contributed by atoms with Gasteiger partial charge < -0.3 is 5.32 Å². The van der Waals surface area contributed by atoms with E-state index in [2.05, 4.69) is 23.5 Å². The highest BCUT2D eigenvalue weighted by atomic mass is 16.1. The van der Waals surface area contributed by atoms with E-state index >= 15 is 0 Å². The molecule has 3 rings (SSSR count). The lowest BCUT2D eigenvalue weighted by Gasteiger charge is -2.22. The van der Waals surface area contributed by atoms with Gasteiger partial charge in [0.25, 0.3) is 0 Å². The van der Waals surface area contributed by atoms with Crippen molar-refractivity contribution in [1.82, 2.24) is 5.32 Å². The maximum atomic E-state index is 12.8. The molecule has 1 saturated carbocycles. The Bertz CT molecular complexity index is 458. The molecule has 102 valence electrons. The summed E-state index contributed by atoms with van der Waals surface area (Å²) in [5.74, 6) is 0.699. The van der Waals surface area contributed by atoms with Gasteiger partial charge in [0, 0.05) is 18.0 Å². The molecule has 2 aliphatic rings. The average Bonchev–Trinajstić information content (AvgIpc) is 2.75. The zero-order valence-electron chi connectivity index (χ0n) is 11.6. The Balaban J connectivity index is 1.86. The first-order chi connectivity index (χ1) is 9.36. The van der Waals surface area contributed by atoms with Crippen LogP contribution in [0.5, 0.6) is 0 Å². The largest absolute Gasteiger partial charge is 0.312 e. The van der Waals surface area contributed by atoms with Crippen LogP contribution >= 0.6 is 0 Å². The van der Waals surface area contributed by atoms with Gasteiger partial charge in [-0.2, -0.15) is 0 Å². The minimum atomic E-state index is 0.281. The van der Waals surface area contributed by atoms with Crippen LogP contribution in [0.25, 0.3) is 0 Å². The number of fused-ring (bicyclic) bond motifs is 1. The van der Waals surface area contributed by atoms with Crippen LogP contribution in [0.1, 0.15) is 60.0 Å². The van der Waals surface area contributed by atoms with Gasteiger partial charge in [-0.3, -0.25) is 4.79 Å². The molecule has 0 amide bonds. The second-order valence-electron chi connectivity index (χ2n) is 5.92. The number of carbonyl (C=O) groups excluding carboxylic acids is 1. The number of hydrogen-bond acceptors (Lipinski definition) is 2. The molecule has 1 aromatic rings. The van der Waals surface area contributed by atoms with Crippen molar-refractivity contribution in [3.63, 3.8) is 0 Å². The molecule has 1 aliphatic heterocycles. The number of hydrogen-bond donors (Lipinski definition) is 1. The van der Waals surface area contributed by atoms with Crippen molar-refractivity contribution < 1.29 is 4.79 Å². The summed E-state index contributed by atoms with van der Waals surface area (Å²) >= 11 is 0. The van der Waals surface area contributed by atoms with E-state index in [1.54, 1.807) is 0 Å². The smallest absolute Gasteiger partial charge is 0.166 e. The normalized spacial score (nSPS) is 20.6. The van der Waals surface area contributed by atoms with Crippen LogP contribution < -0.4 is 5.32 Å². The zero-order chi connectivity index (χ0) is 13.1. The molecule has 2 heteroatoms. The molecular weight excluding hydrogens is 234 g/mol. The van der Waals surface area contributed by atoms with Crippen LogP contribution in [0.4, 0.5) is 0 Å². The molecule has 2 nitrogen and oxygen atoms in total. The molecule has 0 atom stereocenters. The Morgan fingerprint density at radius 3 is 2.68 bits per heavy atom. The summed E-state index contributed by atoms with van der Waals surface area (Å²) in [5, 5.41) is 3.39. The van der Waals surface area contributed by atoms with Crippen molar-refractivity contribution in [3.8, 4) is 0 Å². The fourth-order valence-corrected chi connectivity index (χ4v) is 3.52. The summed E-state index contributed by atoms with van der Waals surface area (Å²) in [6, 6.07) is 6.26. The molecule has 1 aromatic carbocycles. The third-order valence-electron chi connectivity index (χ3n) is 4.63. The molecule has 0 spiro atoms. The topological polar surface area (TPSA) is 29.1 Å². The molecule has 1 aliphatic carbocycles. The quantitative estimate of drug-likeness (QED) is 0.649. The summed E-state index contributed by atoms with van der Waals surface area (Å²) in [4.78, 5) is 12.8. The summed E-state index contributed by atoms with van der Waals surface area (Å²) in [7, 11) is 0. The molecular formula is C17H23NO. The fourth-order valence-electron chi connectivity index (χ4n) is 3.52. The lowest BCUT2D eigenvalue weighted by atomic mass is 9.85. The Labute approximate surface area is 115 Å². The van der Waals surface area contributed by atoms with Crippen LogP contribution in [-0.4, -0.2) is 12.3 Å². The molecule has 0 radical (unpaired) electrons. The summed E-state index contributed by atoms with van der Waals surface area (Å²) in [5.41, 5.74) is 3.66. The average molecular weight is 257 g/mol. The van der Waals surface area contributed by atoms with E-state index in [-0.39, 0.29) is 5.92 Å². The van der Waals surface area contributed by atoms with E-state index < -0.39 is 0 Å². The van der Waals surface area contributed by atoms with Gasteiger partial charge >= 0.3 is 0 Å². The molecule has 0 aromatic heterocycles. The number of nitrogens with one attached hydrogen (secondary N) is 1. The maximum Gasteiger partial charge on any atom is 0.166 e. The van der Waals surface area contributed by atoms with E-state index in [1.807, 2.05) is 0 Å². The summed E-state index contributed by atoms with van der Waals surface area (Å²) in [6.07, 6.45) is 8.27. The predicted octanol–water partition coefficient (Wildman–Crippen LogP) is 3.49. The van der Waals surface area contributed by atoms with Crippen LogP contribution in [0.15, 0.2) is 18.2 Å². The van der Waals surface area contributed by atoms with E-state index in [4.69, 9.17) is 0 Å². The van der Waals surface area contributed by atoms with Crippen LogP contribution in [0, 0.1) is 5.92 Å². The molecule has 0 saturated heterocycles. The first kappa shape index (κ1) is 12.9. The molecule has 1 heterocycles. The van der Waals surface area contributed by atoms with E-state index in [0.717, 1.165) is 37.9 Å². The second-order valence-corrected chi connectivity index (χ2v) is 5.92. The Hall–Kier alpha value is -1.15. The zero-order valence-corrected chi connectivity index (χ0v) is 11.6. The van der Waals surface area contributed by atoms with Crippen molar-refractivity contribution in [2.45, 2.75) is 51.5 Å². The number of ketones is 1. The number of rotatable bonds is 2. The highest BCUT2D eigenvalue weighted by molar-refractivity contribution is 5.99. The Kier molecular flexibility index (Phi) is 3.97. The second kappa shape index (κ2) is 5.87. The third-order valence-corrected chi connectivity index (χ3v) is 4.63. The number of carbonyl (C=O) groups is 1. The molecule has 19 heavy (non-hydrogen) atoms. The van der Waals surface area contributed by atoms with Gasteiger partial charge in [0.1, 0.15) is 0 Å². The van der Waals surface area contributed by atoms with Crippen molar-refractivity contribution in [3.05, 3.63) is 34.9 Å². The lowest BCUT2D eigenvalue weighted by molar-refractivity contribution is 0.0906. The summed E-state index contributed by atoms with van der Waals surface area (Å²) < 4.78 is 0. The fraction of sp³-hybridized carbons (Fsp3) is 0.588.